The number of likely N-dealkylation sites (N-methyl/N-ethyl adjacent to an activating group) is 1. The summed E-state index contributed by atoms with van der Waals surface area (Å²) in [5.41, 5.74) is 0.662. The molecule has 7 heteroatoms. The first-order valence-corrected chi connectivity index (χ1v) is 9.81. The van der Waals surface area contributed by atoms with Crippen LogP contribution in [0.1, 0.15) is 26.2 Å². The monoisotopic (exact) mass is 369 g/mol. The smallest absolute Gasteiger partial charge is 0.339 e. The standard InChI is InChI=1S/C20H27N5O2/c1-3-24-19(15-7-5-4-6-8-15)21-25(20(24)27)14-18(26)23-12-11-16-9-10-17(13-23)22(16)2/h4-8,16-17H,3,9-14H2,1-2H3/t16-,17+/m0/s1. The Balaban J connectivity index is 1.55. The molecule has 2 saturated heterocycles. The molecule has 2 aromatic rings. The zero-order valence-electron chi connectivity index (χ0n) is 16.0. The molecule has 144 valence electrons. The lowest BCUT2D eigenvalue weighted by atomic mass is 10.1. The molecule has 1 amide bonds. The van der Waals surface area contributed by atoms with Gasteiger partial charge in [0.05, 0.1) is 0 Å². The molecule has 0 saturated carbocycles. The maximum Gasteiger partial charge on any atom is 0.346 e. The van der Waals surface area contributed by atoms with Crippen molar-refractivity contribution in [2.75, 3.05) is 20.1 Å². The van der Waals surface area contributed by atoms with E-state index >= 15 is 0 Å². The van der Waals surface area contributed by atoms with E-state index in [-0.39, 0.29) is 18.1 Å². The van der Waals surface area contributed by atoms with Crippen molar-refractivity contribution in [3.05, 3.63) is 40.8 Å². The van der Waals surface area contributed by atoms with E-state index in [0.29, 0.717) is 24.5 Å². The highest BCUT2D eigenvalue weighted by Crippen LogP contribution is 2.28. The molecule has 0 N–H and O–H groups in total. The predicted octanol–water partition coefficient (Wildman–Crippen LogP) is 1.43. The minimum absolute atomic E-state index is 0.00671. The molecule has 0 spiro atoms. The molecule has 3 heterocycles. The summed E-state index contributed by atoms with van der Waals surface area (Å²) < 4.78 is 2.95. The number of likely N-dealkylation sites (tertiary alicyclic amines) is 1. The van der Waals surface area contributed by atoms with Gasteiger partial charge in [-0.3, -0.25) is 14.3 Å². The number of carbonyl (C=O) groups excluding carboxylic acids is 1. The van der Waals surface area contributed by atoms with Crippen LogP contribution in [0.4, 0.5) is 0 Å². The fourth-order valence-electron chi connectivity index (χ4n) is 4.39. The van der Waals surface area contributed by atoms with Crippen molar-refractivity contribution in [1.29, 1.82) is 0 Å². The molecular weight excluding hydrogens is 342 g/mol. The number of carbonyl (C=O) groups is 1. The average Bonchev–Trinajstić information content (AvgIpc) is 3.11. The van der Waals surface area contributed by atoms with E-state index in [1.807, 2.05) is 42.2 Å². The highest BCUT2D eigenvalue weighted by molar-refractivity contribution is 5.76. The summed E-state index contributed by atoms with van der Waals surface area (Å²) >= 11 is 0. The van der Waals surface area contributed by atoms with E-state index < -0.39 is 0 Å². The predicted molar refractivity (Wildman–Crippen MR) is 103 cm³/mol. The van der Waals surface area contributed by atoms with Crippen LogP contribution in [-0.4, -0.2) is 62.3 Å². The van der Waals surface area contributed by atoms with Gasteiger partial charge in [-0.2, -0.15) is 0 Å². The number of nitrogens with zero attached hydrogens (tertiary/aromatic N) is 5. The van der Waals surface area contributed by atoms with Crippen molar-refractivity contribution in [3.63, 3.8) is 0 Å². The average molecular weight is 369 g/mol. The molecule has 27 heavy (non-hydrogen) atoms. The summed E-state index contributed by atoms with van der Waals surface area (Å²) in [7, 11) is 2.16. The van der Waals surface area contributed by atoms with Gasteiger partial charge in [-0.25, -0.2) is 9.48 Å². The van der Waals surface area contributed by atoms with Gasteiger partial charge >= 0.3 is 5.69 Å². The summed E-state index contributed by atoms with van der Waals surface area (Å²) in [6, 6.07) is 10.7. The Kier molecular flexibility index (Phi) is 4.86. The van der Waals surface area contributed by atoms with E-state index in [0.717, 1.165) is 31.5 Å². The zero-order chi connectivity index (χ0) is 19.0. The van der Waals surface area contributed by atoms with E-state index in [9.17, 15) is 9.59 Å². The Morgan fingerprint density at radius 1 is 1.15 bits per heavy atom. The molecule has 1 aromatic heterocycles. The highest BCUT2D eigenvalue weighted by Gasteiger charge is 2.36. The van der Waals surface area contributed by atoms with Crippen LogP contribution >= 0.6 is 0 Å². The van der Waals surface area contributed by atoms with E-state index in [1.54, 1.807) is 4.57 Å². The Morgan fingerprint density at radius 3 is 2.63 bits per heavy atom. The lowest BCUT2D eigenvalue weighted by molar-refractivity contribution is -0.132. The third-order valence-electron chi connectivity index (χ3n) is 6.06. The second-order valence-electron chi connectivity index (χ2n) is 7.55. The van der Waals surface area contributed by atoms with Crippen molar-refractivity contribution in [1.82, 2.24) is 24.1 Å². The van der Waals surface area contributed by atoms with Crippen molar-refractivity contribution in [2.45, 2.75) is 51.4 Å². The molecular formula is C20H27N5O2. The number of aromatic nitrogens is 3. The molecule has 1 aromatic carbocycles. The normalized spacial score (nSPS) is 22.8. The topological polar surface area (TPSA) is 63.4 Å². The van der Waals surface area contributed by atoms with Crippen molar-refractivity contribution < 1.29 is 4.79 Å². The van der Waals surface area contributed by atoms with Crippen LogP contribution in [-0.2, 0) is 17.9 Å². The fraction of sp³-hybridized carbons (Fsp3) is 0.550. The van der Waals surface area contributed by atoms with Gasteiger partial charge in [-0.15, -0.1) is 5.10 Å². The van der Waals surface area contributed by atoms with Gasteiger partial charge in [-0.1, -0.05) is 30.3 Å². The molecule has 0 radical (unpaired) electrons. The summed E-state index contributed by atoms with van der Waals surface area (Å²) in [5.74, 6) is 0.601. The van der Waals surface area contributed by atoms with E-state index in [4.69, 9.17) is 0 Å². The van der Waals surface area contributed by atoms with Gasteiger partial charge in [0, 0.05) is 37.3 Å². The molecule has 7 nitrogen and oxygen atoms in total. The van der Waals surface area contributed by atoms with E-state index in [1.165, 1.54) is 11.1 Å². The molecule has 2 aliphatic heterocycles. The van der Waals surface area contributed by atoms with Crippen molar-refractivity contribution in [3.8, 4) is 11.4 Å². The van der Waals surface area contributed by atoms with Gasteiger partial charge in [0.2, 0.25) is 5.91 Å². The van der Waals surface area contributed by atoms with Gasteiger partial charge < -0.3 is 4.90 Å². The molecule has 0 aliphatic carbocycles. The van der Waals surface area contributed by atoms with Crippen molar-refractivity contribution >= 4 is 5.91 Å². The minimum Gasteiger partial charge on any atom is -0.339 e. The lowest BCUT2D eigenvalue weighted by Crippen LogP contribution is -2.42. The third-order valence-corrected chi connectivity index (χ3v) is 6.06. The van der Waals surface area contributed by atoms with Crippen molar-refractivity contribution in [2.24, 2.45) is 0 Å². The first-order valence-electron chi connectivity index (χ1n) is 9.81. The molecule has 2 bridgehead atoms. The highest BCUT2D eigenvalue weighted by atomic mass is 16.2. The largest absolute Gasteiger partial charge is 0.346 e. The van der Waals surface area contributed by atoms with Crippen LogP contribution in [0.25, 0.3) is 11.4 Å². The molecule has 2 fully saturated rings. The molecule has 2 atom stereocenters. The Bertz CT molecular complexity index is 872. The Morgan fingerprint density at radius 2 is 1.89 bits per heavy atom. The van der Waals surface area contributed by atoms with Gasteiger partial charge in [-0.05, 0) is 33.2 Å². The number of hydrogen-bond donors (Lipinski definition) is 0. The first kappa shape index (κ1) is 18.0. The second kappa shape index (κ2) is 7.31. The van der Waals surface area contributed by atoms with Crippen LogP contribution in [0.2, 0.25) is 0 Å². The maximum absolute atomic E-state index is 12.9. The van der Waals surface area contributed by atoms with Gasteiger partial charge in [0.25, 0.3) is 0 Å². The molecule has 2 aliphatic rings. The fourth-order valence-corrected chi connectivity index (χ4v) is 4.39. The maximum atomic E-state index is 12.9. The summed E-state index contributed by atoms with van der Waals surface area (Å²) in [4.78, 5) is 30.0. The van der Waals surface area contributed by atoms with Crippen LogP contribution in [0.15, 0.2) is 35.1 Å². The summed E-state index contributed by atoms with van der Waals surface area (Å²) in [6.45, 7) is 3.96. The number of hydrogen-bond acceptors (Lipinski definition) is 4. The van der Waals surface area contributed by atoms with Gasteiger partial charge in [0.15, 0.2) is 5.82 Å². The molecule has 0 unspecified atom stereocenters. The third kappa shape index (κ3) is 3.32. The number of fused-ring (bicyclic) bond motifs is 2. The van der Waals surface area contributed by atoms with Crippen LogP contribution < -0.4 is 5.69 Å². The number of benzene rings is 1. The quantitative estimate of drug-likeness (QED) is 0.818. The Hall–Kier alpha value is -2.41. The lowest BCUT2D eigenvalue weighted by Gasteiger charge is -2.25. The number of rotatable bonds is 4. The first-order chi connectivity index (χ1) is 13.1. The Labute approximate surface area is 159 Å². The van der Waals surface area contributed by atoms with Gasteiger partial charge in [0.1, 0.15) is 6.54 Å². The number of amides is 1. The summed E-state index contributed by atoms with van der Waals surface area (Å²) in [5, 5.41) is 4.48. The van der Waals surface area contributed by atoms with Crippen LogP contribution in [0.5, 0.6) is 0 Å². The van der Waals surface area contributed by atoms with Crippen LogP contribution in [0, 0.1) is 0 Å². The zero-order valence-corrected chi connectivity index (χ0v) is 16.0. The van der Waals surface area contributed by atoms with Crippen LogP contribution in [0.3, 0.4) is 0 Å². The summed E-state index contributed by atoms with van der Waals surface area (Å²) in [6.07, 6.45) is 3.38. The SMILES string of the molecule is CCn1c(-c2ccccc2)nn(CC(=O)N2CC[C@@H]3CC[C@H](C2)N3C)c1=O. The second-order valence-corrected chi connectivity index (χ2v) is 7.55. The molecule has 4 rings (SSSR count). The minimum atomic E-state index is -0.224. The van der Waals surface area contributed by atoms with E-state index in [2.05, 4.69) is 17.0 Å².